The average Bonchev–Trinajstić information content (AvgIpc) is 2.48. The Balaban J connectivity index is 2.26. The minimum Gasteiger partial charge on any atom is -0.496 e. The lowest BCUT2D eigenvalue weighted by molar-refractivity contribution is -0.384. The highest BCUT2D eigenvalue weighted by Gasteiger charge is 2.17. The highest BCUT2D eigenvalue weighted by molar-refractivity contribution is 6.30. The Morgan fingerprint density at radius 1 is 1.24 bits per heavy atom. The third kappa shape index (κ3) is 3.64. The minimum atomic E-state index is -0.431. The Hall–Kier alpha value is -2.27. The van der Waals surface area contributed by atoms with Crippen LogP contribution in [0, 0.1) is 10.1 Å². The maximum absolute atomic E-state index is 11.1. The zero-order valence-corrected chi connectivity index (χ0v) is 12.4. The number of nitro benzene ring substituents is 1. The standard InChI is InChI=1S/C15H15ClN2O3/c1-10(11-3-5-12(16)6-4-11)17-14-8-7-13(21-2)9-15(14)18(19)20/h3-10,17H,1-2H3. The van der Waals surface area contributed by atoms with E-state index in [1.165, 1.54) is 13.2 Å². The number of hydrogen-bond acceptors (Lipinski definition) is 4. The smallest absolute Gasteiger partial charge is 0.296 e. The van der Waals surface area contributed by atoms with Crippen molar-refractivity contribution in [2.45, 2.75) is 13.0 Å². The lowest BCUT2D eigenvalue weighted by atomic mass is 10.1. The molecule has 0 aliphatic rings. The van der Waals surface area contributed by atoms with Gasteiger partial charge >= 0.3 is 0 Å². The zero-order chi connectivity index (χ0) is 15.4. The van der Waals surface area contributed by atoms with Gasteiger partial charge in [0.15, 0.2) is 0 Å². The summed E-state index contributed by atoms with van der Waals surface area (Å²) in [5.41, 5.74) is 1.42. The molecule has 2 aromatic carbocycles. The van der Waals surface area contributed by atoms with Gasteiger partial charge < -0.3 is 10.1 Å². The molecule has 0 aromatic heterocycles. The van der Waals surface area contributed by atoms with Gasteiger partial charge in [0.2, 0.25) is 0 Å². The van der Waals surface area contributed by atoms with Crippen molar-refractivity contribution in [2.75, 3.05) is 12.4 Å². The number of benzene rings is 2. The molecule has 0 radical (unpaired) electrons. The molecule has 0 heterocycles. The van der Waals surface area contributed by atoms with Crippen molar-refractivity contribution in [3.05, 3.63) is 63.2 Å². The summed E-state index contributed by atoms with van der Waals surface area (Å²) in [6.07, 6.45) is 0. The van der Waals surface area contributed by atoms with Crippen LogP contribution in [0.15, 0.2) is 42.5 Å². The predicted molar refractivity (Wildman–Crippen MR) is 83.1 cm³/mol. The molecule has 0 fully saturated rings. The molecule has 5 nitrogen and oxygen atoms in total. The second kappa shape index (κ2) is 6.45. The molecule has 2 aromatic rings. The van der Waals surface area contributed by atoms with Crippen molar-refractivity contribution >= 4 is 23.0 Å². The molecule has 1 atom stereocenters. The van der Waals surface area contributed by atoms with Crippen LogP contribution in [0.2, 0.25) is 5.02 Å². The Bertz CT molecular complexity index is 644. The van der Waals surface area contributed by atoms with Gasteiger partial charge in [-0.25, -0.2) is 0 Å². The molecule has 6 heteroatoms. The van der Waals surface area contributed by atoms with Gasteiger partial charge in [0.05, 0.1) is 18.1 Å². The highest BCUT2D eigenvalue weighted by Crippen LogP contribution is 2.31. The molecule has 0 bridgehead atoms. The first-order valence-corrected chi connectivity index (χ1v) is 6.73. The average molecular weight is 307 g/mol. The molecule has 21 heavy (non-hydrogen) atoms. The summed E-state index contributed by atoms with van der Waals surface area (Å²) in [5.74, 6) is 0.450. The van der Waals surface area contributed by atoms with Gasteiger partial charge in [0.1, 0.15) is 11.4 Å². The summed E-state index contributed by atoms with van der Waals surface area (Å²) in [7, 11) is 1.47. The normalized spacial score (nSPS) is 11.8. The van der Waals surface area contributed by atoms with Crippen LogP contribution in [0.1, 0.15) is 18.5 Å². The summed E-state index contributed by atoms with van der Waals surface area (Å²) >= 11 is 5.85. The lowest BCUT2D eigenvalue weighted by Gasteiger charge is -2.16. The molecule has 0 saturated carbocycles. The van der Waals surface area contributed by atoms with E-state index in [-0.39, 0.29) is 11.7 Å². The largest absolute Gasteiger partial charge is 0.496 e. The number of anilines is 1. The van der Waals surface area contributed by atoms with E-state index in [0.29, 0.717) is 16.5 Å². The Labute approximate surface area is 127 Å². The summed E-state index contributed by atoms with van der Waals surface area (Å²) in [4.78, 5) is 10.7. The van der Waals surface area contributed by atoms with E-state index >= 15 is 0 Å². The number of nitrogens with zero attached hydrogens (tertiary/aromatic N) is 1. The third-order valence-electron chi connectivity index (χ3n) is 3.14. The number of hydrogen-bond donors (Lipinski definition) is 1. The van der Waals surface area contributed by atoms with Crippen LogP contribution < -0.4 is 10.1 Å². The van der Waals surface area contributed by atoms with Crippen LogP contribution in [-0.4, -0.2) is 12.0 Å². The van der Waals surface area contributed by atoms with Crippen LogP contribution >= 0.6 is 11.6 Å². The number of halogens is 1. The third-order valence-corrected chi connectivity index (χ3v) is 3.40. The van der Waals surface area contributed by atoms with Crippen LogP contribution in [0.3, 0.4) is 0 Å². The quantitative estimate of drug-likeness (QED) is 0.655. The van der Waals surface area contributed by atoms with Gasteiger partial charge in [-0.3, -0.25) is 10.1 Å². The molecule has 110 valence electrons. The van der Waals surface area contributed by atoms with E-state index < -0.39 is 4.92 Å². The molecule has 0 aliphatic heterocycles. The Morgan fingerprint density at radius 2 is 1.90 bits per heavy atom. The van der Waals surface area contributed by atoms with Gasteiger partial charge in [-0.2, -0.15) is 0 Å². The first kappa shape index (κ1) is 15.1. The first-order chi connectivity index (χ1) is 10.0. The highest BCUT2D eigenvalue weighted by atomic mass is 35.5. The van der Waals surface area contributed by atoms with Crippen LogP contribution in [-0.2, 0) is 0 Å². The number of ether oxygens (including phenoxy) is 1. The predicted octanol–water partition coefficient (Wildman–Crippen LogP) is 4.43. The van der Waals surface area contributed by atoms with E-state index in [4.69, 9.17) is 16.3 Å². The second-order valence-electron chi connectivity index (χ2n) is 4.56. The molecule has 2 rings (SSSR count). The molecular weight excluding hydrogens is 292 g/mol. The monoisotopic (exact) mass is 306 g/mol. The molecule has 0 aliphatic carbocycles. The SMILES string of the molecule is COc1ccc(NC(C)c2ccc(Cl)cc2)c([N+](=O)[O-])c1. The van der Waals surface area contributed by atoms with E-state index in [1.54, 1.807) is 24.3 Å². The fraction of sp³-hybridized carbons (Fsp3) is 0.200. The Morgan fingerprint density at radius 3 is 2.48 bits per heavy atom. The van der Waals surface area contributed by atoms with Gasteiger partial charge in [-0.1, -0.05) is 23.7 Å². The summed E-state index contributed by atoms with van der Waals surface area (Å²) in [6.45, 7) is 1.93. The van der Waals surface area contributed by atoms with Gasteiger partial charge in [0.25, 0.3) is 5.69 Å². The second-order valence-corrected chi connectivity index (χ2v) is 4.99. The molecule has 0 spiro atoms. The van der Waals surface area contributed by atoms with Crippen molar-refractivity contribution in [3.63, 3.8) is 0 Å². The number of nitro groups is 1. The summed E-state index contributed by atoms with van der Waals surface area (Å²) in [6, 6.07) is 12.0. The van der Waals surface area contributed by atoms with E-state index in [0.717, 1.165) is 5.56 Å². The fourth-order valence-electron chi connectivity index (χ4n) is 1.98. The van der Waals surface area contributed by atoms with Crippen LogP contribution in [0.25, 0.3) is 0 Å². The molecular formula is C15H15ClN2O3. The topological polar surface area (TPSA) is 64.4 Å². The van der Waals surface area contributed by atoms with Gasteiger partial charge in [-0.15, -0.1) is 0 Å². The number of methoxy groups -OCH3 is 1. The maximum atomic E-state index is 11.1. The van der Waals surface area contributed by atoms with E-state index in [9.17, 15) is 10.1 Å². The van der Waals surface area contributed by atoms with E-state index in [1.807, 2.05) is 19.1 Å². The summed E-state index contributed by atoms with van der Waals surface area (Å²) < 4.78 is 5.02. The Kier molecular flexibility index (Phi) is 4.65. The van der Waals surface area contributed by atoms with Gasteiger partial charge in [-0.05, 0) is 36.8 Å². The number of rotatable bonds is 5. The number of nitrogens with one attached hydrogen (secondary N) is 1. The molecule has 1 unspecified atom stereocenters. The minimum absolute atomic E-state index is 0.0184. The molecule has 1 N–H and O–H groups in total. The lowest BCUT2D eigenvalue weighted by Crippen LogP contribution is -2.08. The van der Waals surface area contributed by atoms with Crippen LogP contribution in [0.4, 0.5) is 11.4 Å². The van der Waals surface area contributed by atoms with Crippen molar-refractivity contribution in [1.82, 2.24) is 0 Å². The van der Waals surface area contributed by atoms with Crippen molar-refractivity contribution in [2.24, 2.45) is 0 Å². The van der Waals surface area contributed by atoms with Crippen molar-refractivity contribution in [1.29, 1.82) is 0 Å². The summed E-state index contributed by atoms with van der Waals surface area (Å²) in [5, 5.41) is 14.9. The van der Waals surface area contributed by atoms with Gasteiger partial charge in [0, 0.05) is 11.1 Å². The molecule has 0 amide bonds. The van der Waals surface area contributed by atoms with E-state index in [2.05, 4.69) is 5.32 Å². The van der Waals surface area contributed by atoms with Crippen molar-refractivity contribution in [3.8, 4) is 5.75 Å². The molecule has 0 saturated heterocycles. The van der Waals surface area contributed by atoms with Crippen LogP contribution in [0.5, 0.6) is 5.75 Å². The maximum Gasteiger partial charge on any atom is 0.296 e. The zero-order valence-electron chi connectivity index (χ0n) is 11.7. The first-order valence-electron chi connectivity index (χ1n) is 6.35. The fourth-order valence-corrected chi connectivity index (χ4v) is 2.11. The van der Waals surface area contributed by atoms with Crippen molar-refractivity contribution < 1.29 is 9.66 Å².